The minimum atomic E-state index is 0.0339. The van der Waals surface area contributed by atoms with Gasteiger partial charge in [-0.25, -0.2) is 0 Å². The number of carbonyl (C=O) groups is 1. The van der Waals surface area contributed by atoms with Crippen LogP contribution in [0.25, 0.3) is 0 Å². The van der Waals surface area contributed by atoms with Crippen LogP contribution in [0.4, 0.5) is 0 Å². The Morgan fingerprint density at radius 1 is 1.57 bits per heavy atom. The molecule has 0 radical (unpaired) electrons. The van der Waals surface area contributed by atoms with E-state index in [2.05, 4.69) is 31.0 Å². The standard InChI is InChI=1S/C17H24N2OS/c1-12-10-15(21-14(12)7-5-9-18)16(20)19-13-6-4-8-17(2,3)11-13/h10,13H,4,6,8-9,11,18H2,1-3H3,(H,19,20). The quantitative estimate of drug-likeness (QED) is 0.825. The lowest BCUT2D eigenvalue weighted by Gasteiger charge is -2.35. The summed E-state index contributed by atoms with van der Waals surface area (Å²) in [5.41, 5.74) is 6.78. The van der Waals surface area contributed by atoms with Crippen molar-refractivity contribution in [3.8, 4) is 11.8 Å². The first-order valence-corrected chi connectivity index (χ1v) is 8.33. The first-order valence-electron chi connectivity index (χ1n) is 7.51. The van der Waals surface area contributed by atoms with E-state index in [1.54, 1.807) is 0 Å². The monoisotopic (exact) mass is 304 g/mol. The number of amides is 1. The van der Waals surface area contributed by atoms with Crippen molar-refractivity contribution in [1.82, 2.24) is 5.32 Å². The summed E-state index contributed by atoms with van der Waals surface area (Å²) in [5, 5.41) is 3.19. The molecule has 2 rings (SSSR count). The number of rotatable bonds is 2. The number of aryl methyl sites for hydroxylation is 1. The summed E-state index contributed by atoms with van der Waals surface area (Å²) in [6.45, 7) is 6.88. The molecule has 3 nitrogen and oxygen atoms in total. The van der Waals surface area contributed by atoms with Gasteiger partial charge in [0.2, 0.25) is 0 Å². The number of nitrogens with two attached hydrogens (primary N) is 1. The maximum absolute atomic E-state index is 12.4. The molecule has 1 fully saturated rings. The zero-order valence-corrected chi connectivity index (χ0v) is 13.9. The molecule has 4 heteroatoms. The van der Waals surface area contributed by atoms with E-state index < -0.39 is 0 Å². The van der Waals surface area contributed by atoms with E-state index in [0.29, 0.717) is 18.0 Å². The lowest BCUT2D eigenvalue weighted by atomic mass is 9.75. The van der Waals surface area contributed by atoms with Crippen molar-refractivity contribution in [3.63, 3.8) is 0 Å². The Balaban J connectivity index is 2.03. The molecule has 1 unspecified atom stereocenters. The molecule has 0 aliphatic heterocycles. The van der Waals surface area contributed by atoms with E-state index in [-0.39, 0.29) is 5.91 Å². The molecule has 21 heavy (non-hydrogen) atoms. The van der Waals surface area contributed by atoms with Crippen LogP contribution in [-0.4, -0.2) is 18.5 Å². The Hall–Kier alpha value is -1.31. The highest BCUT2D eigenvalue weighted by Gasteiger charge is 2.29. The third kappa shape index (κ3) is 4.33. The van der Waals surface area contributed by atoms with Crippen LogP contribution in [0.2, 0.25) is 0 Å². The molecule has 1 aromatic heterocycles. The molecule has 0 saturated heterocycles. The van der Waals surface area contributed by atoms with Crippen LogP contribution in [0.5, 0.6) is 0 Å². The van der Waals surface area contributed by atoms with E-state index in [4.69, 9.17) is 5.73 Å². The van der Waals surface area contributed by atoms with Gasteiger partial charge in [-0.2, -0.15) is 0 Å². The first-order chi connectivity index (χ1) is 9.91. The number of hydrogen-bond donors (Lipinski definition) is 2. The molecule has 1 amide bonds. The SMILES string of the molecule is Cc1cc(C(=O)NC2CCCC(C)(C)C2)sc1C#CCN. The van der Waals surface area contributed by atoms with Crippen molar-refractivity contribution in [2.45, 2.75) is 52.5 Å². The molecule has 0 aromatic carbocycles. The summed E-state index contributed by atoms with van der Waals surface area (Å²) in [5.74, 6) is 5.91. The fourth-order valence-corrected chi connectivity index (χ4v) is 3.88. The molecular weight excluding hydrogens is 280 g/mol. The second-order valence-corrected chi connectivity index (χ2v) is 7.61. The second kappa shape index (κ2) is 6.64. The van der Waals surface area contributed by atoms with Gasteiger partial charge in [0.1, 0.15) is 0 Å². The summed E-state index contributed by atoms with van der Waals surface area (Å²) < 4.78 is 0. The highest BCUT2D eigenvalue weighted by molar-refractivity contribution is 7.14. The van der Waals surface area contributed by atoms with Crippen LogP contribution in [0.3, 0.4) is 0 Å². The van der Waals surface area contributed by atoms with Gasteiger partial charge in [-0.15, -0.1) is 11.3 Å². The average Bonchev–Trinajstić information content (AvgIpc) is 2.76. The predicted molar refractivity (Wildman–Crippen MR) is 88.5 cm³/mol. The Morgan fingerprint density at radius 2 is 2.33 bits per heavy atom. The Morgan fingerprint density at radius 3 is 3.00 bits per heavy atom. The van der Waals surface area contributed by atoms with Crippen molar-refractivity contribution in [1.29, 1.82) is 0 Å². The van der Waals surface area contributed by atoms with Gasteiger partial charge in [0, 0.05) is 6.04 Å². The Bertz CT molecular complexity index is 577. The highest BCUT2D eigenvalue weighted by Crippen LogP contribution is 2.35. The fraction of sp³-hybridized carbons (Fsp3) is 0.588. The van der Waals surface area contributed by atoms with Crippen LogP contribution < -0.4 is 11.1 Å². The summed E-state index contributed by atoms with van der Waals surface area (Å²) in [4.78, 5) is 14.1. The Kier molecular flexibility index (Phi) is 5.08. The van der Waals surface area contributed by atoms with Crippen LogP contribution >= 0.6 is 11.3 Å². The van der Waals surface area contributed by atoms with E-state index in [1.165, 1.54) is 24.2 Å². The summed E-state index contributed by atoms with van der Waals surface area (Å²) >= 11 is 1.45. The number of hydrogen-bond acceptors (Lipinski definition) is 3. The number of carbonyl (C=O) groups excluding carboxylic acids is 1. The van der Waals surface area contributed by atoms with Gasteiger partial charge in [-0.05, 0) is 43.2 Å². The normalized spacial score (nSPS) is 20.5. The summed E-state index contributed by atoms with van der Waals surface area (Å²) in [6, 6.07) is 2.22. The van der Waals surface area contributed by atoms with E-state index in [1.807, 2.05) is 13.0 Å². The van der Waals surface area contributed by atoms with Gasteiger partial charge in [-0.1, -0.05) is 32.1 Å². The number of nitrogens with one attached hydrogen (secondary N) is 1. The van der Waals surface area contributed by atoms with Gasteiger partial charge in [0.15, 0.2) is 0 Å². The molecule has 1 heterocycles. The molecule has 1 saturated carbocycles. The molecule has 1 aliphatic rings. The van der Waals surface area contributed by atoms with Crippen LogP contribution in [0.15, 0.2) is 6.07 Å². The van der Waals surface area contributed by atoms with Gasteiger partial charge in [0.25, 0.3) is 5.91 Å². The van der Waals surface area contributed by atoms with E-state index >= 15 is 0 Å². The lowest BCUT2D eigenvalue weighted by Crippen LogP contribution is -2.40. The van der Waals surface area contributed by atoms with Gasteiger partial charge >= 0.3 is 0 Å². The largest absolute Gasteiger partial charge is 0.349 e. The van der Waals surface area contributed by atoms with Crippen molar-refractivity contribution < 1.29 is 4.79 Å². The van der Waals surface area contributed by atoms with Crippen molar-refractivity contribution in [3.05, 3.63) is 21.4 Å². The van der Waals surface area contributed by atoms with E-state index in [9.17, 15) is 4.79 Å². The van der Waals surface area contributed by atoms with Gasteiger partial charge < -0.3 is 11.1 Å². The van der Waals surface area contributed by atoms with Crippen molar-refractivity contribution >= 4 is 17.2 Å². The summed E-state index contributed by atoms with van der Waals surface area (Å²) in [6.07, 6.45) is 4.58. The minimum absolute atomic E-state index is 0.0339. The highest BCUT2D eigenvalue weighted by atomic mass is 32.1. The number of thiophene rings is 1. The maximum atomic E-state index is 12.4. The molecule has 1 aliphatic carbocycles. The molecule has 0 bridgehead atoms. The Labute approximate surface area is 131 Å². The first kappa shape index (κ1) is 16.1. The van der Waals surface area contributed by atoms with E-state index in [0.717, 1.165) is 28.2 Å². The average molecular weight is 304 g/mol. The predicted octanol–water partition coefficient (Wildman–Crippen LogP) is 3.07. The molecule has 1 atom stereocenters. The third-order valence-corrected chi connectivity index (χ3v) is 5.14. The minimum Gasteiger partial charge on any atom is -0.349 e. The van der Waals surface area contributed by atoms with Gasteiger partial charge in [0.05, 0.1) is 16.3 Å². The lowest BCUT2D eigenvalue weighted by molar-refractivity contribution is 0.0906. The van der Waals surface area contributed by atoms with Crippen LogP contribution in [0.1, 0.15) is 59.6 Å². The maximum Gasteiger partial charge on any atom is 0.261 e. The summed E-state index contributed by atoms with van der Waals surface area (Å²) in [7, 11) is 0. The van der Waals surface area contributed by atoms with Crippen molar-refractivity contribution in [2.75, 3.05) is 6.54 Å². The second-order valence-electron chi connectivity index (χ2n) is 6.56. The molecular formula is C17H24N2OS. The van der Waals surface area contributed by atoms with Gasteiger partial charge in [-0.3, -0.25) is 4.79 Å². The third-order valence-electron chi connectivity index (χ3n) is 3.99. The fourth-order valence-electron chi connectivity index (χ4n) is 2.93. The van der Waals surface area contributed by atoms with Crippen molar-refractivity contribution in [2.24, 2.45) is 11.1 Å². The molecule has 0 spiro atoms. The topological polar surface area (TPSA) is 55.1 Å². The van der Waals surface area contributed by atoms with Crippen LogP contribution in [-0.2, 0) is 0 Å². The molecule has 1 aromatic rings. The van der Waals surface area contributed by atoms with Crippen LogP contribution in [0, 0.1) is 24.2 Å². The molecule has 3 N–H and O–H groups in total. The zero-order chi connectivity index (χ0) is 15.5. The zero-order valence-electron chi connectivity index (χ0n) is 13.1. The molecule has 114 valence electrons. The smallest absolute Gasteiger partial charge is 0.261 e.